The Morgan fingerprint density at radius 1 is 1.19 bits per heavy atom. The number of benzene rings is 1. The molecular weight excluding hydrogens is 202 g/mol. The Balaban J connectivity index is 2.43. The molecule has 1 aromatic carbocycles. The predicted molar refractivity (Wildman–Crippen MR) is 65.0 cm³/mol. The van der Waals surface area contributed by atoms with Gasteiger partial charge >= 0.3 is 0 Å². The van der Waals surface area contributed by atoms with Crippen LogP contribution in [0.2, 0.25) is 0 Å². The first-order valence-electron chi connectivity index (χ1n) is 5.68. The second kappa shape index (κ2) is 6.63. The van der Waals surface area contributed by atoms with Crippen molar-refractivity contribution < 1.29 is 9.84 Å². The fourth-order valence-electron chi connectivity index (χ4n) is 1.39. The highest BCUT2D eigenvalue weighted by Crippen LogP contribution is 2.14. The van der Waals surface area contributed by atoms with Gasteiger partial charge in [0.15, 0.2) is 0 Å². The van der Waals surface area contributed by atoms with Gasteiger partial charge in [0.05, 0.1) is 6.61 Å². The third-order valence-electron chi connectivity index (χ3n) is 2.33. The monoisotopic (exact) mass is 223 g/mol. The lowest BCUT2D eigenvalue weighted by atomic mass is 10.1. The first-order valence-corrected chi connectivity index (χ1v) is 5.68. The van der Waals surface area contributed by atoms with E-state index in [0.717, 1.165) is 11.1 Å². The van der Waals surface area contributed by atoms with Crippen molar-refractivity contribution in [3.05, 3.63) is 35.4 Å². The van der Waals surface area contributed by atoms with E-state index in [0.29, 0.717) is 25.7 Å². The largest absolute Gasteiger partial charge is 0.386 e. The van der Waals surface area contributed by atoms with Gasteiger partial charge in [-0.2, -0.15) is 0 Å². The van der Waals surface area contributed by atoms with Gasteiger partial charge < -0.3 is 15.6 Å². The SMILES string of the molecule is CC(C)COCC(O)c1ccc(CN)cc1. The lowest BCUT2D eigenvalue weighted by molar-refractivity contribution is 0.0250. The first-order chi connectivity index (χ1) is 7.63. The van der Waals surface area contributed by atoms with Crippen molar-refractivity contribution in [3.63, 3.8) is 0 Å². The molecule has 0 aliphatic carbocycles. The number of rotatable bonds is 6. The molecule has 0 aromatic heterocycles. The summed E-state index contributed by atoms with van der Waals surface area (Å²) in [6.07, 6.45) is -0.550. The van der Waals surface area contributed by atoms with Crippen molar-refractivity contribution in [3.8, 4) is 0 Å². The zero-order chi connectivity index (χ0) is 12.0. The van der Waals surface area contributed by atoms with Gasteiger partial charge in [-0.1, -0.05) is 38.1 Å². The molecule has 90 valence electrons. The molecule has 0 saturated carbocycles. The maximum Gasteiger partial charge on any atom is 0.102 e. The van der Waals surface area contributed by atoms with Crippen molar-refractivity contribution in [2.75, 3.05) is 13.2 Å². The van der Waals surface area contributed by atoms with Crippen molar-refractivity contribution in [2.45, 2.75) is 26.5 Å². The molecule has 0 radical (unpaired) electrons. The van der Waals surface area contributed by atoms with Gasteiger partial charge in [-0.3, -0.25) is 0 Å². The van der Waals surface area contributed by atoms with Crippen molar-refractivity contribution in [2.24, 2.45) is 11.7 Å². The number of aliphatic hydroxyl groups is 1. The highest BCUT2D eigenvalue weighted by molar-refractivity contribution is 5.23. The van der Waals surface area contributed by atoms with E-state index >= 15 is 0 Å². The van der Waals surface area contributed by atoms with Crippen LogP contribution in [0.25, 0.3) is 0 Å². The molecule has 0 bridgehead atoms. The van der Waals surface area contributed by atoms with Crippen molar-refractivity contribution >= 4 is 0 Å². The number of nitrogens with two attached hydrogens (primary N) is 1. The second-order valence-electron chi connectivity index (χ2n) is 4.39. The van der Waals surface area contributed by atoms with E-state index in [1.54, 1.807) is 0 Å². The summed E-state index contributed by atoms with van der Waals surface area (Å²) in [4.78, 5) is 0. The Hall–Kier alpha value is -0.900. The van der Waals surface area contributed by atoms with E-state index in [1.165, 1.54) is 0 Å². The third-order valence-corrected chi connectivity index (χ3v) is 2.33. The summed E-state index contributed by atoms with van der Waals surface area (Å²) < 4.78 is 5.39. The van der Waals surface area contributed by atoms with Crippen LogP contribution in [0.4, 0.5) is 0 Å². The molecule has 0 saturated heterocycles. The third kappa shape index (κ3) is 4.31. The molecule has 1 atom stereocenters. The maximum absolute atomic E-state index is 9.84. The summed E-state index contributed by atoms with van der Waals surface area (Å²) in [5.74, 6) is 0.492. The summed E-state index contributed by atoms with van der Waals surface area (Å²) in [5, 5.41) is 9.84. The van der Waals surface area contributed by atoms with E-state index < -0.39 is 6.10 Å². The molecule has 1 aromatic rings. The zero-order valence-corrected chi connectivity index (χ0v) is 10.0. The van der Waals surface area contributed by atoms with E-state index in [1.807, 2.05) is 24.3 Å². The molecular formula is C13H21NO2. The fourth-order valence-corrected chi connectivity index (χ4v) is 1.39. The maximum atomic E-state index is 9.84. The molecule has 3 nitrogen and oxygen atoms in total. The highest BCUT2D eigenvalue weighted by Gasteiger charge is 2.07. The Bertz CT molecular complexity index is 295. The van der Waals surface area contributed by atoms with Gasteiger partial charge in [-0.05, 0) is 17.0 Å². The van der Waals surface area contributed by atoms with Gasteiger partial charge in [0, 0.05) is 13.2 Å². The highest BCUT2D eigenvalue weighted by atomic mass is 16.5. The summed E-state index contributed by atoms with van der Waals surface area (Å²) in [5.41, 5.74) is 7.45. The van der Waals surface area contributed by atoms with Gasteiger partial charge in [0.25, 0.3) is 0 Å². The van der Waals surface area contributed by atoms with Crippen LogP contribution in [-0.2, 0) is 11.3 Å². The Morgan fingerprint density at radius 2 is 1.81 bits per heavy atom. The molecule has 3 N–H and O–H groups in total. The molecule has 0 fully saturated rings. The molecule has 0 heterocycles. The molecule has 0 amide bonds. The summed E-state index contributed by atoms with van der Waals surface area (Å²) in [6, 6.07) is 7.65. The summed E-state index contributed by atoms with van der Waals surface area (Å²) in [6.45, 7) is 5.73. The number of hydrogen-bond acceptors (Lipinski definition) is 3. The molecule has 0 aliphatic rings. The normalized spacial score (nSPS) is 13.1. The minimum Gasteiger partial charge on any atom is -0.386 e. The molecule has 0 spiro atoms. The van der Waals surface area contributed by atoms with Crippen molar-refractivity contribution in [1.29, 1.82) is 0 Å². The Kier molecular flexibility index (Phi) is 5.46. The number of ether oxygens (including phenoxy) is 1. The minimum atomic E-state index is -0.550. The van der Waals surface area contributed by atoms with Crippen LogP contribution in [0.3, 0.4) is 0 Å². The van der Waals surface area contributed by atoms with Crippen LogP contribution in [0.15, 0.2) is 24.3 Å². The van der Waals surface area contributed by atoms with Gasteiger partial charge in [0.2, 0.25) is 0 Å². The van der Waals surface area contributed by atoms with E-state index in [4.69, 9.17) is 10.5 Å². The number of hydrogen-bond donors (Lipinski definition) is 2. The summed E-state index contributed by atoms with van der Waals surface area (Å²) >= 11 is 0. The first kappa shape index (κ1) is 13.2. The quantitative estimate of drug-likeness (QED) is 0.774. The Labute approximate surface area is 97.2 Å². The van der Waals surface area contributed by atoms with Crippen LogP contribution in [0.5, 0.6) is 0 Å². The molecule has 3 heteroatoms. The van der Waals surface area contributed by atoms with Gasteiger partial charge in [0.1, 0.15) is 6.10 Å². The lowest BCUT2D eigenvalue weighted by Crippen LogP contribution is -2.10. The zero-order valence-electron chi connectivity index (χ0n) is 10.0. The average molecular weight is 223 g/mol. The standard InChI is InChI=1S/C13H21NO2/c1-10(2)8-16-9-13(15)12-5-3-11(7-14)4-6-12/h3-6,10,13,15H,7-9,14H2,1-2H3. The van der Waals surface area contributed by atoms with Crippen LogP contribution in [0, 0.1) is 5.92 Å². The van der Waals surface area contributed by atoms with Crippen LogP contribution in [0.1, 0.15) is 31.1 Å². The fraction of sp³-hybridized carbons (Fsp3) is 0.538. The Morgan fingerprint density at radius 3 is 2.31 bits per heavy atom. The topological polar surface area (TPSA) is 55.5 Å². The van der Waals surface area contributed by atoms with E-state index in [2.05, 4.69) is 13.8 Å². The minimum absolute atomic E-state index is 0.347. The van der Waals surface area contributed by atoms with Gasteiger partial charge in [-0.25, -0.2) is 0 Å². The van der Waals surface area contributed by atoms with E-state index in [9.17, 15) is 5.11 Å². The number of aliphatic hydroxyl groups excluding tert-OH is 1. The van der Waals surface area contributed by atoms with Crippen LogP contribution in [-0.4, -0.2) is 18.3 Å². The van der Waals surface area contributed by atoms with Gasteiger partial charge in [-0.15, -0.1) is 0 Å². The van der Waals surface area contributed by atoms with Crippen LogP contribution < -0.4 is 5.73 Å². The smallest absolute Gasteiger partial charge is 0.102 e. The average Bonchev–Trinajstić information content (AvgIpc) is 2.28. The molecule has 1 unspecified atom stereocenters. The molecule has 0 aliphatic heterocycles. The molecule has 16 heavy (non-hydrogen) atoms. The lowest BCUT2D eigenvalue weighted by Gasteiger charge is -2.13. The summed E-state index contributed by atoms with van der Waals surface area (Å²) in [7, 11) is 0. The predicted octanol–water partition coefficient (Wildman–Crippen LogP) is 1.85. The van der Waals surface area contributed by atoms with Crippen LogP contribution >= 0.6 is 0 Å². The van der Waals surface area contributed by atoms with E-state index in [-0.39, 0.29) is 0 Å². The molecule has 1 rings (SSSR count). The van der Waals surface area contributed by atoms with Crippen molar-refractivity contribution in [1.82, 2.24) is 0 Å². The second-order valence-corrected chi connectivity index (χ2v) is 4.39.